The van der Waals surface area contributed by atoms with E-state index in [1.165, 1.54) is 0 Å². The van der Waals surface area contributed by atoms with Crippen molar-refractivity contribution in [2.75, 3.05) is 26.2 Å². The SMILES string of the molecule is O=C([C@H]1CCCCn2nnnc21)N1CCC2(CC1)NCCNC2=O. The molecule has 0 aliphatic carbocycles. The van der Waals surface area contributed by atoms with Crippen molar-refractivity contribution in [3.63, 3.8) is 0 Å². The Morgan fingerprint density at radius 2 is 2.00 bits per heavy atom. The molecule has 4 rings (SSSR count). The van der Waals surface area contributed by atoms with E-state index in [4.69, 9.17) is 0 Å². The molecule has 0 bridgehead atoms. The molecule has 0 saturated carbocycles. The van der Waals surface area contributed by atoms with Crippen LogP contribution in [0.1, 0.15) is 43.8 Å². The first-order valence-corrected chi connectivity index (χ1v) is 8.78. The minimum Gasteiger partial charge on any atom is -0.353 e. The number of nitrogens with one attached hydrogen (secondary N) is 2. The number of nitrogens with zero attached hydrogens (tertiary/aromatic N) is 5. The molecule has 9 heteroatoms. The monoisotopic (exact) mass is 333 g/mol. The summed E-state index contributed by atoms with van der Waals surface area (Å²) < 4.78 is 1.76. The van der Waals surface area contributed by atoms with E-state index in [2.05, 4.69) is 26.2 Å². The summed E-state index contributed by atoms with van der Waals surface area (Å²) in [6.07, 6.45) is 4.09. The Kier molecular flexibility index (Phi) is 3.95. The third-order valence-electron chi connectivity index (χ3n) is 5.52. The molecule has 24 heavy (non-hydrogen) atoms. The number of tetrazole rings is 1. The second kappa shape index (κ2) is 6.12. The van der Waals surface area contributed by atoms with Crippen molar-refractivity contribution in [3.8, 4) is 0 Å². The number of piperazine rings is 1. The van der Waals surface area contributed by atoms with Crippen molar-refractivity contribution < 1.29 is 9.59 Å². The molecule has 9 nitrogen and oxygen atoms in total. The maximum atomic E-state index is 13.0. The van der Waals surface area contributed by atoms with E-state index in [9.17, 15) is 9.59 Å². The molecule has 0 aromatic carbocycles. The first kappa shape index (κ1) is 15.5. The van der Waals surface area contributed by atoms with Gasteiger partial charge in [0, 0.05) is 32.7 Å². The summed E-state index contributed by atoms with van der Waals surface area (Å²) in [6.45, 7) is 3.43. The van der Waals surface area contributed by atoms with Crippen LogP contribution in [0.15, 0.2) is 0 Å². The zero-order valence-corrected chi connectivity index (χ0v) is 13.7. The number of rotatable bonds is 1. The molecule has 1 aromatic rings. The number of aryl methyl sites for hydroxylation is 1. The van der Waals surface area contributed by atoms with Crippen molar-refractivity contribution in [2.45, 2.75) is 50.1 Å². The van der Waals surface area contributed by atoms with Crippen LogP contribution in [-0.4, -0.2) is 68.6 Å². The van der Waals surface area contributed by atoms with Crippen molar-refractivity contribution in [1.29, 1.82) is 0 Å². The second-order valence-corrected chi connectivity index (χ2v) is 6.90. The van der Waals surface area contributed by atoms with Crippen molar-refractivity contribution in [2.24, 2.45) is 0 Å². The Balaban J connectivity index is 1.46. The number of aromatic nitrogens is 4. The van der Waals surface area contributed by atoms with E-state index in [0.29, 0.717) is 38.3 Å². The maximum absolute atomic E-state index is 13.0. The Labute approximate surface area is 140 Å². The van der Waals surface area contributed by atoms with Crippen LogP contribution in [0, 0.1) is 0 Å². The molecule has 1 atom stereocenters. The van der Waals surface area contributed by atoms with Crippen molar-refractivity contribution in [1.82, 2.24) is 35.7 Å². The highest BCUT2D eigenvalue weighted by Gasteiger charge is 2.44. The predicted molar refractivity (Wildman–Crippen MR) is 84.0 cm³/mol. The molecule has 2 saturated heterocycles. The molecule has 2 fully saturated rings. The van der Waals surface area contributed by atoms with Gasteiger partial charge in [-0.3, -0.25) is 9.59 Å². The molecule has 1 aromatic heterocycles. The lowest BCUT2D eigenvalue weighted by molar-refractivity contribution is -0.139. The van der Waals surface area contributed by atoms with E-state index in [1.807, 2.05) is 4.90 Å². The summed E-state index contributed by atoms with van der Waals surface area (Å²) in [6, 6.07) is 0. The summed E-state index contributed by atoms with van der Waals surface area (Å²) in [4.78, 5) is 27.1. The van der Waals surface area contributed by atoms with E-state index in [0.717, 1.165) is 32.4 Å². The average molecular weight is 333 g/mol. The summed E-state index contributed by atoms with van der Waals surface area (Å²) in [5.41, 5.74) is -0.500. The van der Waals surface area contributed by atoms with Crippen LogP contribution in [0.2, 0.25) is 0 Å². The van der Waals surface area contributed by atoms with Crippen molar-refractivity contribution >= 4 is 11.8 Å². The Morgan fingerprint density at radius 1 is 1.17 bits per heavy atom. The third-order valence-corrected chi connectivity index (χ3v) is 5.52. The van der Waals surface area contributed by atoms with Gasteiger partial charge in [-0.1, -0.05) is 6.42 Å². The highest BCUT2D eigenvalue weighted by Crippen LogP contribution is 2.30. The smallest absolute Gasteiger partial charge is 0.240 e. The fourth-order valence-corrected chi connectivity index (χ4v) is 4.05. The lowest BCUT2D eigenvalue weighted by atomic mass is 9.84. The number of likely N-dealkylation sites (tertiary alicyclic amines) is 1. The lowest BCUT2D eigenvalue weighted by Gasteiger charge is -2.44. The highest BCUT2D eigenvalue weighted by molar-refractivity contribution is 5.88. The van der Waals surface area contributed by atoms with Gasteiger partial charge in [-0.2, -0.15) is 0 Å². The van der Waals surface area contributed by atoms with Gasteiger partial charge < -0.3 is 15.5 Å². The summed E-state index contributed by atoms with van der Waals surface area (Å²) in [7, 11) is 0. The van der Waals surface area contributed by atoms with Crippen LogP contribution in [0.25, 0.3) is 0 Å². The number of amides is 2. The van der Waals surface area contributed by atoms with Crippen molar-refractivity contribution in [3.05, 3.63) is 5.82 Å². The predicted octanol–water partition coefficient (Wildman–Crippen LogP) is -0.979. The summed E-state index contributed by atoms with van der Waals surface area (Å²) in [5, 5.41) is 18.1. The molecule has 2 N–H and O–H groups in total. The minimum atomic E-state index is -0.500. The number of piperidine rings is 1. The number of carbonyl (C=O) groups is 2. The van der Waals surface area contributed by atoms with Crippen LogP contribution in [0.3, 0.4) is 0 Å². The second-order valence-electron chi connectivity index (χ2n) is 6.90. The minimum absolute atomic E-state index is 0.0688. The van der Waals surface area contributed by atoms with E-state index < -0.39 is 5.54 Å². The first-order chi connectivity index (χ1) is 11.7. The van der Waals surface area contributed by atoms with Gasteiger partial charge in [-0.25, -0.2) is 4.68 Å². The molecule has 0 radical (unpaired) electrons. The highest BCUT2D eigenvalue weighted by atomic mass is 16.2. The van der Waals surface area contributed by atoms with Gasteiger partial charge in [0.2, 0.25) is 11.8 Å². The number of fused-ring (bicyclic) bond motifs is 1. The topological polar surface area (TPSA) is 105 Å². The van der Waals surface area contributed by atoms with Gasteiger partial charge >= 0.3 is 0 Å². The van der Waals surface area contributed by atoms with Crippen LogP contribution >= 0.6 is 0 Å². The van der Waals surface area contributed by atoms with Gasteiger partial charge in [-0.15, -0.1) is 5.10 Å². The molecule has 130 valence electrons. The van der Waals surface area contributed by atoms with Crippen LogP contribution in [0.5, 0.6) is 0 Å². The fourth-order valence-electron chi connectivity index (χ4n) is 4.05. The van der Waals surface area contributed by atoms with Crippen LogP contribution in [0.4, 0.5) is 0 Å². The number of hydrogen-bond acceptors (Lipinski definition) is 6. The summed E-state index contributed by atoms with van der Waals surface area (Å²) in [5.74, 6) is 0.592. The van der Waals surface area contributed by atoms with E-state index >= 15 is 0 Å². The number of hydrogen-bond donors (Lipinski definition) is 2. The molecule has 4 heterocycles. The first-order valence-electron chi connectivity index (χ1n) is 8.78. The number of carbonyl (C=O) groups excluding carboxylic acids is 2. The zero-order valence-electron chi connectivity index (χ0n) is 13.7. The maximum Gasteiger partial charge on any atom is 0.240 e. The van der Waals surface area contributed by atoms with Gasteiger partial charge in [0.15, 0.2) is 5.82 Å². The van der Waals surface area contributed by atoms with Crippen LogP contribution < -0.4 is 10.6 Å². The molecular weight excluding hydrogens is 310 g/mol. The summed E-state index contributed by atoms with van der Waals surface area (Å²) >= 11 is 0. The zero-order chi connectivity index (χ0) is 16.6. The fraction of sp³-hybridized carbons (Fsp3) is 0.800. The molecular formula is C15H23N7O2. The Morgan fingerprint density at radius 3 is 2.79 bits per heavy atom. The molecule has 3 aliphatic heterocycles. The van der Waals surface area contributed by atoms with Gasteiger partial charge in [0.1, 0.15) is 5.54 Å². The van der Waals surface area contributed by atoms with Crippen LogP contribution in [-0.2, 0) is 16.1 Å². The Hall–Kier alpha value is -2.03. The van der Waals surface area contributed by atoms with Gasteiger partial charge in [0.25, 0.3) is 0 Å². The molecule has 0 unspecified atom stereocenters. The largest absolute Gasteiger partial charge is 0.353 e. The average Bonchev–Trinajstić information content (AvgIpc) is 2.97. The normalized spacial score (nSPS) is 26.6. The van der Waals surface area contributed by atoms with Gasteiger partial charge in [0.05, 0.1) is 5.92 Å². The molecule has 2 amide bonds. The lowest BCUT2D eigenvalue weighted by Crippen LogP contribution is -2.67. The van der Waals surface area contributed by atoms with E-state index in [1.54, 1.807) is 4.68 Å². The third kappa shape index (κ3) is 2.56. The van der Waals surface area contributed by atoms with Gasteiger partial charge in [-0.05, 0) is 36.1 Å². The molecule has 3 aliphatic rings. The molecule has 1 spiro atoms. The quantitative estimate of drug-likeness (QED) is 0.684. The van der Waals surface area contributed by atoms with E-state index in [-0.39, 0.29) is 17.7 Å². The Bertz CT molecular complexity index is 636. The standard InChI is InChI=1S/C15H23N7O2/c23-13(11-3-1-2-8-22-12(11)18-19-20-22)21-9-4-15(5-10-21)14(24)16-6-7-17-15/h11,17H,1-10H2,(H,16,24)/t11-/m0/s1.